The highest BCUT2D eigenvalue weighted by Crippen LogP contribution is 2.19. The Balaban J connectivity index is 1.80. The first kappa shape index (κ1) is 17.7. The number of nitrogens with zero attached hydrogens (tertiary/aromatic N) is 3. The van der Waals surface area contributed by atoms with Gasteiger partial charge in [0.2, 0.25) is 0 Å². The van der Waals surface area contributed by atoms with Gasteiger partial charge < -0.3 is 9.64 Å². The third-order valence-corrected chi connectivity index (χ3v) is 4.72. The molecule has 2 aromatic rings. The molecule has 0 spiro atoms. The monoisotopic (exact) mass is 341 g/mol. The van der Waals surface area contributed by atoms with Gasteiger partial charge in [-0.25, -0.2) is 0 Å². The van der Waals surface area contributed by atoms with Gasteiger partial charge in [-0.05, 0) is 31.7 Å². The summed E-state index contributed by atoms with van der Waals surface area (Å²) in [6, 6.07) is 10.1. The number of amides is 1. The number of carbonyl (C=O) groups is 1. The van der Waals surface area contributed by atoms with Crippen molar-refractivity contribution < 1.29 is 9.53 Å². The van der Waals surface area contributed by atoms with Crippen LogP contribution in [0.25, 0.3) is 0 Å². The number of aromatic nitrogens is 2. The summed E-state index contributed by atoms with van der Waals surface area (Å²) in [6.07, 6.45) is 4.94. The summed E-state index contributed by atoms with van der Waals surface area (Å²) < 4.78 is 7.68. The number of carbonyl (C=O) groups excluding carboxylic acids is 1. The lowest BCUT2D eigenvalue weighted by molar-refractivity contribution is 0.0506. The first-order chi connectivity index (χ1) is 12.2. The van der Waals surface area contributed by atoms with Gasteiger partial charge in [-0.2, -0.15) is 5.10 Å². The second-order valence-corrected chi connectivity index (χ2v) is 6.67. The van der Waals surface area contributed by atoms with Crippen LogP contribution in [-0.4, -0.2) is 39.8 Å². The van der Waals surface area contributed by atoms with Crippen molar-refractivity contribution in [3.63, 3.8) is 0 Å². The number of aryl methyl sites for hydroxylation is 1. The van der Waals surface area contributed by atoms with Crippen molar-refractivity contribution >= 4 is 5.91 Å². The van der Waals surface area contributed by atoms with Crippen LogP contribution in [0.4, 0.5) is 0 Å². The molecule has 1 saturated heterocycles. The summed E-state index contributed by atoms with van der Waals surface area (Å²) >= 11 is 0. The molecule has 1 aromatic heterocycles. The lowest BCUT2D eigenvalue weighted by atomic mass is 10.1. The Kier molecular flexibility index (Phi) is 5.87. The standard InChI is InChI=1S/C20H27N3O2/c1-3-11-23-16(2)19(13-21-23)20(24)22(15-18-10-7-12-25-18)14-17-8-5-4-6-9-17/h4-6,8-9,13,18H,3,7,10-12,14-15H2,1-2H3/t18-/m0/s1. The van der Waals surface area contributed by atoms with E-state index >= 15 is 0 Å². The maximum Gasteiger partial charge on any atom is 0.257 e. The fourth-order valence-corrected chi connectivity index (χ4v) is 3.32. The molecular formula is C20H27N3O2. The maximum absolute atomic E-state index is 13.2. The fraction of sp³-hybridized carbons (Fsp3) is 0.500. The van der Waals surface area contributed by atoms with E-state index in [4.69, 9.17) is 4.74 Å². The molecule has 2 heterocycles. The lowest BCUT2D eigenvalue weighted by Gasteiger charge is -2.25. The maximum atomic E-state index is 13.2. The second-order valence-electron chi connectivity index (χ2n) is 6.67. The summed E-state index contributed by atoms with van der Waals surface area (Å²) in [6.45, 7) is 6.95. The van der Waals surface area contributed by atoms with Crippen LogP contribution in [0, 0.1) is 6.92 Å². The van der Waals surface area contributed by atoms with Crippen LogP contribution in [0.15, 0.2) is 36.5 Å². The van der Waals surface area contributed by atoms with Gasteiger partial charge in [0, 0.05) is 31.9 Å². The third-order valence-electron chi connectivity index (χ3n) is 4.72. The van der Waals surface area contributed by atoms with E-state index in [-0.39, 0.29) is 12.0 Å². The molecule has 1 fully saturated rings. The molecule has 3 rings (SSSR count). The van der Waals surface area contributed by atoms with E-state index in [9.17, 15) is 4.79 Å². The van der Waals surface area contributed by atoms with Gasteiger partial charge in [-0.1, -0.05) is 37.3 Å². The highest BCUT2D eigenvalue weighted by molar-refractivity contribution is 5.95. The van der Waals surface area contributed by atoms with Gasteiger partial charge in [0.15, 0.2) is 0 Å². The van der Waals surface area contributed by atoms with E-state index < -0.39 is 0 Å². The van der Waals surface area contributed by atoms with Crippen molar-refractivity contribution in [3.05, 3.63) is 53.3 Å². The van der Waals surface area contributed by atoms with Crippen LogP contribution in [0.5, 0.6) is 0 Å². The number of benzene rings is 1. The summed E-state index contributed by atoms with van der Waals surface area (Å²) in [5.74, 6) is 0.0409. The van der Waals surface area contributed by atoms with Crippen molar-refractivity contribution in [2.45, 2.75) is 52.3 Å². The Morgan fingerprint density at radius 1 is 1.36 bits per heavy atom. The molecule has 134 valence electrons. The van der Waals surface area contributed by atoms with E-state index in [2.05, 4.69) is 24.2 Å². The average molecular weight is 341 g/mol. The predicted molar refractivity (Wildman–Crippen MR) is 97.4 cm³/mol. The minimum atomic E-state index is 0.0409. The van der Waals surface area contributed by atoms with Gasteiger partial charge in [-0.3, -0.25) is 9.48 Å². The Morgan fingerprint density at radius 3 is 2.84 bits per heavy atom. The normalized spacial score (nSPS) is 17.0. The van der Waals surface area contributed by atoms with Gasteiger partial charge in [-0.15, -0.1) is 0 Å². The van der Waals surface area contributed by atoms with Crippen molar-refractivity contribution in [1.82, 2.24) is 14.7 Å². The molecule has 0 N–H and O–H groups in total. The molecule has 1 aliphatic heterocycles. The quantitative estimate of drug-likeness (QED) is 0.775. The first-order valence-corrected chi connectivity index (χ1v) is 9.16. The average Bonchev–Trinajstić information content (AvgIpc) is 3.26. The van der Waals surface area contributed by atoms with Crippen molar-refractivity contribution in [3.8, 4) is 0 Å². The molecule has 25 heavy (non-hydrogen) atoms. The highest BCUT2D eigenvalue weighted by Gasteiger charge is 2.25. The largest absolute Gasteiger partial charge is 0.376 e. The zero-order valence-electron chi connectivity index (χ0n) is 15.1. The molecule has 5 nitrogen and oxygen atoms in total. The molecule has 5 heteroatoms. The predicted octanol–water partition coefficient (Wildman–Crippen LogP) is 3.42. The minimum absolute atomic E-state index is 0.0409. The Hall–Kier alpha value is -2.14. The Labute approximate surface area is 149 Å². The lowest BCUT2D eigenvalue weighted by Crippen LogP contribution is -2.37. The van der Waals surface area contributed by atoms with Crippen molar-refractivity contribution in [2.24, 2.45) is 0 Å². The van der Waals surface area contributed by atoms with E-state index in [1.54, 1.807) is 6.20 Å². The molecule has 0 bridgehead atoms. The van der Waals surface area contributed by atoms with E-state index in [0.717, 1.165) is 43.7 Å². The van der Waals surface area contributed by atoms with Crippen LogP contribution in [0.3, 0.4) is 0 Å². The van der Waals surface area contributed by atoms with E-state index in [0.29, 0.717) is 18.7 Å². The van der Waals surface area contributed by atoms with Crippen LogP contribution >= 0.6 is 0 Å². The van der Waals surface area contributed by atoms with Crippen molar-refractivity contribution in [2.75, 3.05) is 13.2 Å². The van der Waals surface area contributed by atoms with Crippen LogP contribution < -0.4 is 0 Å². The Bertz CT molecular complexity index is 690. The Morgan fingerprint density at radius 2 is 2.16 bits per heavy atom. The van der Waals surface area contributed by atoms with Gasteiger partial charge in [0.1, 0.15) is 0 Å². The summed E-state index contributed by atoms with van der Waals surface area (Å²) in [5.41, 5.74) is 2.77. The smallest absolute Gasteiger partial charge is 0.257 e. The summed E-state index contributed by atoms with van der Waals surface area (Å²) in [4.78, 5) is 15.1. The number of hydrogen-bond acceptors (Lipinski definition) is 3. The summed E-state index contributed by atoms with van der Waals surface area (Å²) in [5, 5.41) is 4.39. The van der Waals surface area contributed by atoms with Crippen molar-refractivity contribution in [1.29, 1.82) is 0 Å². The molecule has 0 aliphatic carbocycles. The third kappa shape index (κ3) is 4.28. The van der Waals surface area contributed by atoms with Crippen LogP contribution in [0.2, 0.25) is 0 Å². The SMILES string of the molecule is CCCn1ncc(C(=O)N(Cc2ccccc2)C[C@@H]2CCCO2)c1C. The zero-order valence-corrected chi connectivity index (χ0v) is 15.1. The van der Waals surface area contributed by atoms with Gasteiger partial charge in [0.25, 0.3) is 5.91 Å². The molecule has 1 aliphatic rings. The molecule has 1 aromatic carbocycles. The van der Waals surface area contributed by atoms with Gasteiger partial charge in [0.05, 0.1) is 17.9 Å². The first-order valence-electron chi connectivity index (χ1n) is 9.16. The summed E-state index contributed by atoms with van der Waals surface area (Å²) in [7, 11) is 0. The van der Waals surface area contributed by atoms with E-state index in [1.165, 1.54) is 0 Å². The zero-order chi connectivity index (χ0) is 17.6. The van der Waals surface area contributed by atoms with Crippen LogP contribution in [0.1, 0.15) is 47.8 Å². The van der Waals surface area contributed by atoms with Crippen LogP contribution in [-0.2, 0) is 17.8 Å². The van der Waals surface area contributed by atoms with E-state index in [1.807, 2.05) is 34.7 Å². The second kappa shape index (κ2) is 8.30. The molecule has 1 amide bonds. The minimum Gasteiger partial charge on any atom is -0.376 e. The number of ether oxygens (including phenoxy) is 1. The highest BCUT2D eigenvalue weighted by atomic mass is 16.5. The molecular weight excluding hydrogens is 314 g/mol. The molecule has 0 radical (unpaired) electrons. The molecule has 0 saturated carbocycles. The number of rotatable bonds is 7. The topological polar surface area (TPSA) is 47.4 Å². The van der Waals surface area contributed by atoms with Gasteiger partial charge >= 0.3 is 0 Å². The fourth-order valence-electron chi connectivity index (χ4n) is 3.32. The number of hydrogen-bond donors (Lipinski definition) is 0. The molecule has 0 unspecified atom stereocenters. The molecule has 1 atom stereocenters.